The van der Waals surface area contributed by atoms with Crippen LogP contribution in [0.1, 0.15) is 38.4 Å². The summed E-state index contributed by atoms with van der Waals surface area (Å²) in [5.74, 6) is 2.86. The van der Waals surface area contributed by atoms with Gasteiger partial charge in [-0.15, -0.1) is 0 Å². The lowest BCUT2D eigenvalue weighted by atomic mass is 9.94. The largest absolute Gasteiger partial charge is 0.338 e. The predicted molar refractivity (Wildman–Crippen MR) is 94.7 cm³/mol. The van der Waals surface area contributed by atoms with Crippen LogP contribution in [0.4, 0.5) is 4.79 Å². The molecule has 2 amide bonds. The van der Waals surface area contributed by atoms with Gasteiger partial charge >= 0.3 is 6.03 Å². The highest BCUT2D eigenvalue weighted by Gasteiger charge is 2.31. The monoisotopic (exact) mass is 336 g/mol. The molecule has 0 aliphatic carbocycles. The number of likely N-dealkylation sites (tertiary alicyclic amines) is 1. The number of aromatic nitrogens is 2. The quantitative estimate of drug-likeness (QED) is 0.920. The van der Waals surface area contributed by atoms with E-state index >= 15 is 0 Å². The topological polar surface area (TPSA) is 50.2 Å². The average molecular weight is 337 g/mol. The standard InChI is InChI=1S/C17H28N4OS/c1-17(6-4-10-23-17)13-19-16(22)21-8-3-5-14(12-21)11-15-18-7-9-20(15)2/h7,9,14H,3-6,8,10-13H2,1-2H3,(H,19,22)/t14-,17+/m0/s1. The van der Waals surface area contributed by atoms with Gasteiger partial charge in [-0.05, 0) is 44.3 Å². The van der Waals surface area contributed by atoms with Crippen LogP contribution >= 0.6 is 11.8 Å². The number of carbonyl (C=O) groups is 1. The van der Waals surface area contributed by atoms with Gasteiger partial charge in [-0.25, -0.2) is 9.78 Å². The Balaban J connectivity index is 1.49. The predicted octanol–water partition coefficient (Wildman–Crippen LogP) is 2.67. The fraction of sp³-hybridized carbons (Fsp3) is 0.765. The fourth-order valence-corrected chi connectivity index (χ4v) is 4.86. The molecule has 2 aliphatic rings. The van der Waals surface area contributed by atoms with Gasteiger partial charge in [-0.2, -0.15) is 11.8 Å². The van der Waals surface area contributed by atoms with Crippen LogP contribution in [0, 0.1) is 5.92 Å². The van der Waals surface area contributed by atoms with E-state index in [1.54, 1.807) is 0 Å². The van der Waals surface area contributed by atoms with Crippen molar-refractivity contribution in [3.63, 3.8) is 0 Å². The molecule has 1 N–H and O–H groups in total. The lowest BCUT2D eigenvalue weighted by molar-refractivity contribution is 0.163. The summed E-state index contributed by atoms with van der Waals surface area (Å²) in [5.41, 5.74) is 0. The molecule has 1 aromatic heterocycles. The van der Waals surface area contributed by atoms with Crippen molar-refractivity contribution >= 4 is 17.8 Å². The number of aryl methyl sites for hydroxylation is 1. The molecule has 2 atom stereocenters. The molecule has 0 radical (unpaired) electrons. The molecular formula is C17H28N4OS. The van der Waals surface area contributed by atoms with E-state index in [2.05, 4.69) is 21.8 Å². The number of imidazole rings is 1. The van der Waals surface area contributed by atoms with Crippen LogP contribution in [0.3, 0.4) is 0 Å². The molecule has 2 fully saturated rings. The number of hydrogen-bond donors (Lipinski definition) is 1. The Morgan fingerprint density at radius 3 is 3.09 bits per heavy atom. The molecule has 3 heterocycles. The minimum absolute atomic E-state index is 0.114. The second-order valence-corrected chi connectivity index (χ2v) is 8.86. The van der Waals surface area contributed by atoms with Crippen LogP contribution in [0.25, 0.3) is 0 Å². The number of hydrogen-bond acceptors (Lipinski definition) is 3. The Labute approximate surface area is 143 Å². The maximum Gasteiger partial charge on any atom is 0.317 e. The molecule has 0 saturated carbocycles. The van der Waals surface area contributed by atoms with E-state index in [1.165, 1.54) is 25.0 Å². The average Bonchev–Trinajstić information content (AvgIpc) is 3.15. The van der Waals surface area contributed by atoms with Crippen molar-refractivity contribution in [3.8, 4) is 0 Å². The Hall–Kier alpha value is -1.17. The zero-order valence-corrected chi connectivity index (χ0v) is 15.1. The Kier molecular flexibility index (Phi) is 5.19. The summed E-state index contributed by atoms with van der Waals surface area (Å²) in [6, 6.07) is 0.114. The summed E-state index contributed by atoms with van der Waals surface area (Å²) in [5, 5.41) is 3.17. The summed E-state index contributed by atoms with van der Waals surface area (Å²) in [4.78, 5) is 18.9. The maximum absolute atomic E-state index is 12.5. The highest BCUT2D eigenvalue weighted by molar-refractivity contribution is 8.00. The van der Waals surface area contributed by atoms with E-state index in [1.807, 2.05) is 36.1 Å². The normalized spacial score (nSPS) is 28.1. The van der Waals surface area contributed by atoms with Crippen molar-refractivity contribution in [2.24, 2.45) is 13.0 Å². The summed E-state index contributed by atoms with van der Waals surface area (Å²) >= 11 is 1.99. The van der Waals surface area contributed by atoms with Crippen molar-refractivity contribution < 1.29 is 4.79 Å². The number of carbonyl (C=O) groups excluding carboxylic acids is 1. The Bertz CT molecular complexity index is 538. The highest BCUT2D eigenvalue weighted by atomic mass is 32.2. The molecule has 0 aromatic carbocycles. The van der Waals surface area contributed by atoms with E-state index in [0.717, 1.165) is 38.3 Å². The number of urea groups is 1. The van der Waals surface area contributed by atoms with Crippen LogP contribution in [-0.2, 0) is 13.5 Å². The molecule has 128 valence electrons. The second-order valence-electron chi connectivity index (χ2n) is 7.17. The first kappa shape index (κ1) is 16.7. The van der Waals surface area contributed by atoms with Gasteiger partial charge in [0.2, 0.25) is 0 Å². The van der Waals surface area contributed by atoms with Crippen LogP contribution in [-0.4, -0.2) is 50.6 Å². The van der Waals surface area contributed by atoms with Gasteiger partial charge in [-0.3, -0.25) is 0 Å². The summed E-state index contributed by atoms with van der Waals surface area (Å²) < 4.78 is 2.31. The lowest BCUT2D eigenvalue weighted by Gasteiger charge is -2.34. The van der Waals surface area contributed by atoms with Crippen molar-refractivity contribution in [1.82, 2.24) is 19.8 Å². The zero-order chi connectivity index (χ0) is 16.3. The molecule has 2 saturated heterocycles. The third-order valence-corrected chi connectivity index (χ3v) is 6.65. The van der Waals surface area contributed by atoms with E-state index in [4.69, 9.17) is 0 Å². The maximum atomic E-state index is 12.5. The summed E-state index contributed by atoms with van der Waals surface area (Å²) in [6.45, 7) is 4.79. The smallest absolute Gasteiger partial charge is 0.317 e. The molecule has 1 aromatic rings. The fourth-order valence-electron chi connectivity index (χ4n) is 3.62. The van der Waals surface area contributed by atoms with Crippen LogP contribution in [0.5, 0.6) is 0 Å². The zero-order valence-electron chi connectivity index (χ0n) is 14.3. The van der Waals surface area contributed by atoms with Gasteiger partial charge in [0.05, 0.1) is 0 Å². The van der Waals surface area contributed by atoms with Gasteiger partial charge < -0.3 is 14.8 Å². The highest BCUT2D eigenvalue weighted by Crippen LogP contribution is 2.37. The molecule has 2 aliphatic heterocycles. The first-order valence-electron chi connectivity index (χ1n) is 8.69. The molecule has 0 spiro atoms. The Morgan fingerprint density at radius 1 is 1.52 bits per heavy atom. The van der Waals surface area contributed by atoms with Crippen LogP contribution in [0.2, 0.25) is 0 Å². The molecule has 3 rings (SSSR count). The van der Waals surface area contributed by atoms with E-state index in [-0.39, 0.29) is 10.8 Å². The third kappa shape index (κ3) is 4.22. The number of nitrogens with one attached hydrogen (secondary N) is 1. The number of rotatable bonds is 4. The van der Waals surface area contributed by atoms with Crippen LogP contribution < -0.4 is 5.32 Å². The van der Waals surface area contributed by atoms with E-state index in [0.29, 0.717) is 5.92 Å². The number of thioether (sulfide) groups is 1. The van der Waals surface area contributed by atoms with E-state index < -0.39 is 0 Å². The van der Waals surface area contributed by atoms with Crippen molar-refractivity contribution in [1.29, 1.82) is 0 Å². The minimum Gasteiger partial charge on any atom is -0.338 e. The minimum atomic E-state index is 0.114. The van der Waals surface area contributed by atoms with Crippen LogP contribution in [0.15, 0.2) is 12.4 Å². The van der Waals surface area contributed by atoms with Gasteiger partial charge in [0, 0.05) is 50.2 Å². The van der Waals surface area contributed by atoms with Crippen molar-refractivity contribution in [2.45, 2.75) is 43.8 Å². The Morgan fingerprint density at radius 2 is 2.39 bits per heavy atom. The second kappa shape index (κ2) is 7.16. The SMILES string of the molecule is Cn1ccnc1C[C@@H]1CCCN(C(=O)NC[C@@]2(C)CCCS2)C1. The molecule has 23 heavy (non-hydrogen) atoms. The molecular weight excluding hydrogens is 308 g/mol. The van der Waals surface area contributed by atoms with Crippen molar-refractivity contribution in [2.75, 3.05) is 25.4 Å². The number of amides is 2. The van der Waals surface area contributed by atoms with Gasteiger partial charge in [-0.1, -0.05) is 0 Å². The van der Waals surface area contributed by atoms with Gasteiger partial charge in [0.1, 0.15) is 5.82 Å². The lowest BCUT2D eigenvalue weighted by Crippen LogP contribution is -2.48. The number of piperidine rings is 1. The third-order valence-electron chi connectivity index (χ3n) is 5.11. The van der Waals surface area contributed by atoms with E-state index in [9.17, 15) is 4.79 Å². The van der Waals surface area contributed by atoms with Crippen molar-refractivity contribution in [3.05, 3.63) is 18.2 Å². The summed E-state index contributed by atoms with van der Waals surface area (Å²) in [6.07, 6.45) is 9.55. The summed E-state index contributed by atoms with van der Waals surface area (Å²) in [7, 11) is 2.04. The number of nitrogens with zero attached hydrogens (tertiary/aromatic N) is 3. The molecule has 6 heteroatoms. The van der Waals surface area contributed by atoms with Gasteiger partial charge in [0.25, 0.3) is 0 Å². The molecule has 0 unspecified atom stereocenters. The first-order valence-corrected chi connectivity index (χ1v) is 9.67. The molecule has 0 bridgehead atoms. The van der Waals surface area contributed by atoms with Gasteiger partial charge in [0.15, 0.2) is 0 Å². The molecule has 5 nitrogen and oxygen atoms in total. The first-order chi connectivity index (χ1) is 11.1.